The third-order valence-electron chi connectivity index (χ3n) is 4.30. The number of carbonyl (C=O) groups excluding carboxylic acids is 1. The highest BCUT2D eigenvalue weighted by Crippen LogP contribution is 2.36. The molecule has 1 amide bonds. The highest BCUT2D eigenvalue weighted by atomic mass is 35.5. The van der Waals surface area contributed by atoms with Gasteiger partial charge in [-0.3, -0.25) is 4.79 Å². The minimum absolute atomic E-state index is 0.0467. The molecule has 0 spiro atoms. The maximum absolute atomic E-state index is 12.5. The van der Waals surface area contributed by atoms with Crippen molar-refractivity contribution in [3.63, 3.8) is 0 Å². The van der Waals surface area contributed by atoms with Crippen LogP contribution in [0.15, 0.2) is 36.7 Å². The summed E-state index contributed by atoms with van der Waals surface area (Å²) in [6.07, 6.45) is 6.71. The first-order valence-electron chi connectivity index (χ1n) is 8.53. The lowest BCUT2D eigenvalue weighted by atomic mass is 10.1. The molecule has 1 aliphatic heterocycles. The molecule has 1 aromatic heterocycles. The Balaban J connectivity index is 1.62. The summed E-state index contributed by atoms with van der Waals surface area (Å²) >= 11 is 6.20. The molecule has 0 unspecified atom stereocenters. The quantitative estimate of drug-likeness (QED) is 0.733. The number of ether oxygens (including phenoxy) is 2. The summed E-state index contributed by atoms with van der Waals surface area (Å²) in [5, 5.41) is 0.431. The molecule has 7 nitrogen and oxygen atoms in total. The van der Waals surface area contributed by atoms with Crippen LogP contribution in [0.25, 0.3) is 6.08 Å². The Morgan fingerprint density at radius 3 is 2.44 bits per heavy atom. The maximum atomic E-state index is 12.5. The van der Waals surface area contributed by atoms with E-state index in [9.17, 15) is 4.79 Å². The predicted molar refractivity (Wildman–Crippen MR) is 104 cm³/mol. The van der Waals surface area contributed by atoms with Gasteiger partial charge in [-0.25, -0.2) is 9.97 Å². The van der Waals surface area contributed by atoms with Crippen LogP contribution in [0.5, 0.6) is 11.5 Å². The van der Waals surface area contributed by atoms with E-state index in [0.717, 1.165) is 5.56 Å². The lowest BCUT2D eigenvalue weighted by Crippen LogP contribution is -2.48. The molecule has 1 saturated heterocycles. The minimum atomic E-state index is -0.0467. The number of anilines is 1. The summed E-state index contributed by atoms with van der Waals surface area (Å²) in [5.41, 5.74) is 0.766. The zero-order valence-corrected chi connectivity index (χ0v) is 16.0. The van der Waals surface area contributed by atoms with Gasteiger partial charge in [0.15, 0.2) is 11.5 Å². The number of rotatable bonds is 5. The molecule has 8 heteroatoms. The number of methoxy groups -OCH3 is 2. The van der Waals surface area contributed by atoms with Gasteiger partial charge >= 0.3 is 0 Å². The molecule has 142 valence electrons. The van der Waals surface area contributed by atoms with Gasteiger partial charge in [-0.1, -0.05) is 11.6 Å². The van der Waals surface area contributed by atoms with E-state index in [1.54, 1.807) is 54.8 Å². The van der Waals surface area contributed by atoms with Crippen molar-refractivity contribution in [1.29, 1.82) is 0 Å². The van der Waals surface area contributed by atoms with Crippen LogP contribution in [0.2, 0.25) is 5.02 Å². The third-order valence-corrected chi connectivity index (χ3v) is 4.58. The lowest BCUT2D eigenvalue weighted by Gasteiger charge is -2.34. The second kappa shape index (κ2) is 8.73. The first-order valence-corrected chi connectivity index (χ1v) is 8.90. The van der Waals surface area contributed by atoms with Crippen LogP contribution in [0.3, 0.4) is 0 Å². The zero-order valence-electron chi connectivity index (χ0n) is 15.3. The minimum Gasteiger partial charge on any atom is -0.493 e. The highest BCUT2D eigenvalue weighted by molar-refractivity contribution is 6.32. The summed E-state index contributed by atoms with van der Waals surface area (Å²) in [5.74, 6) is 1.64. The standard InChI is InChI=1S/C19H21ClN4O3/c1-26-16-13-14(12-15(20)18(16)27-2)4-5-17(25)23-8-10-24(11-9-23)19-21-6-3-7-22-19/h3-7,12-13H,8-11H2,1-2H3/b5-4+. The number of halogens is 1. The van der Waals surface area contributed by atoms with Crippen LogP contribution in [-0.2, 0) is 4.79 Å². The van der Waals surface area contributed by atoms with Crippen molar-refractivity contribution in [1.82, 2.24) is 14.9 Å². The van der Waals surface area contributed by atoms with Gasteiger partial charge in [0.1, 0.15) is 0 Å². The molecular weight excluding hydrogens is 368 g/mol. The van der Waals surface area contributed by atoms with Gasteiger partial charge in [0.25, 0.3) is 0 Å². The van der Waals surface area contributed by atoms with E-state index < -0.39 is 0 Å². The largest absolute Gasteiger partial charge is 0.493 e. The number of hydrogen-bond donors (Lipinski definition) is 0. The lowest BCUT2D eigenvalue weighted by molar-refractivity contribution is -0.126. The Bertz CT molecular complexity index is 821. The van der Waals surface area contributed by atoms with E-state index in [-0.39, 0.29) is 5.91 Å². The van der Waals surface area contributed by atoms with E-state index in [2.05, 4.69) is 14.9 Å². The molecule has 1 fully saturated rings. The van der Waals surface area contributed by atoms with Crippen LogP contribution in [0.4, 0.5) is 5.95 Å². The van der Waals surface area contributed by atoms with Gasteiger partial charge < -0.3 is 19.3 Å². The fourth-order valence-electron chi connectivity index (χ4n) is 2.89. The number of aromatic nitrogens is 2. The van der Waals surface area contributed by atoms with Gasteiger partial charge in [-0.2, -0.15) is 0 Å². The Kier molecular flexibility index (Phi) is 6.13. The van der Waals surface area contributed by atoms with E-state index >= 15 is 0 Å². The Morgan fingerprint density at radius 1 is 1.11 bits per heavy atom. The van der Waals surface area contributed by atoms with Crippen LogP contribution < -0.4 is 14.4 Å². The number of nitrogens with zero attached hydrogens (tertiary/aromatic N) is 4. The molecule has 0 saturated carbocycles. The van der Waals surface area contributed by atoms with Crippen molar-refractivity contribution in [2.24, 2.45) is 0 Å². The van der Waals surface area contributed by atoms with E-state index in [4.69, 9.17) is 21.1 Å². The monoisotopic (exact) mass is 388 g/mol. The van der Waals surface area contributed by atoms with Crippen molar-refractivity contribution < 1.29 is 14.3 Å². The molecule has 0 bridgehead atoms. The second-order valence-electron chi connectivity index (χ2n) is 5.93. The summed E-state index contributed by atoms with van der Waals surface area (Å²) in [4.78, 5) is 24.9. The number of carbonyl (C=O) groups is 1. The van der Waals surface area contributed by atoms with Crippen LogP contribution in [-0.4, -0.2) is 61.2 Å². The third kappa shape index (κ3) is 4.49. The number of hydrogen-bond acceptors (Lipinski definition) is 6. The van der Waals surface area contributed by atoms with E-state index in [1.165, 1.54) is 7.11 Å². The molecule has 1 aliphatic rings. The summed E-state index contributed by atoms with van der Waals surface area (Å²) < 4.78 is 10.5. The van der Waals surface area contributed by atoms with E-state index in [0.29, 0.717) is 48.6 Å². The maximum Gasteiger partial charge on any atom is 0.246 e. The molecule has 1 aromatic carbocycles. The van der Waals surface area contributed by atoms with Gasteiger partial charge in [0.2, 0.25) is 11.9 Å². The van der Waals surface area contributed by atoms with Gasteiger partial charge in [0.05, 0.1) is 19.2 Å². The average molecular weight is 389 g/mol. The van der Waals surface area contributed by atoms with Crippen LogP contribution in [0, 0.1) is 0 Å². The summed E-state index contributed by atoms with van der Waals surface area (Å²) in [6.45, 7) is 2.64. The Labute approximate surface area is 163 Å². The van der Waals surface area contributed by atoms with Crippen molar-refractivity contribution in [3.05, 3.63) is 47.3 Å². The van der Waals surface area contributed by atoms with Crippen molar-refractivity contribution in [2.45, 2.75) is 0 Å². The fraction of sp³-hybridized carbons (Fsp3) is 0.316. The zero-order chi connectivity index (χ0) is 19.2. The number of benzene rings is 1. The molecular formula is C19H21ClN4O3. The average Bonchev–Trinajstić information content (AvgIpc) is 2.72. The molecule has 27 heavy (non-hydrogen) atoms. The predicted octanol–water partition coefficient (Wildman–Crippen LogP) is 2.51. The van der Waals surface area contributed by atoms with Crippen LogP contribution >= 0.6 is 11.6 Å². The second-order valence-corrected chi connectivity index (χ2v) is 6.34. The summed E-state index contributed by atoms with van der Waals surface area (Å²) in [6, 6.07) is 5.30. The Hall–Kier alpha value is -2.80. The molecule has 0 aliphatic carbocycles. The van der Waals surface area contributed by atoms with Crippen molar-refractivity contribution in [3.8, 4) is 11.5 Å². The summed E-state index contributed by atoms with van der Waals surface area (Å²) in [7, 11) is 3.08. The SMILES string of the molecule is COc1cc(/C=C/C(=O)N2CCN(c3ncccn3)CC2)cc(Cl)c1OC. The van der Waals surface area contributed by atoms with Gasteiger partial charge in [-0.15, -0.1) is 0 Å². The molecule has 2 heterocycles. The van der Waals surface area contributed by atoms with Gasteiger partial charge in [-0.05, 0) is 29.8 Å². The highest BCUT2D eigenvalue weighted by Gasteiger charge is 2.21. The first-order chi connectivity index (χ1) is 13.1. The molecule has 2 aromatic rings. The van der Waals surface area contributed by atoms with E-state index in [1.807, 2.05) is 0 Å². The fourth-order valence-corrected chi connectivity index (χ4v) is 3.18. The van der Waals surface area contributed by atoms with Crippen molar-refractivity contribution in [2.75, 3.05) is 45.3 Å². The Morgan fingerprint density at radius 2 is 1.81 bits per heavy atom. The normalized spacial score (nSPS) is 14.5. The molecule has 0 radical (unpaired) electrons. The topological polar surface area (TPSA) is 67.8 Å². The molecule has 0 atom stereocenters. The van der Waals surface area contributed by atoms with Crippen LogP contribution in [0.1, 0.15) is 5.56 Å². The van der Waals surface area contributed by atoms with Crippen molar-refractivity contribution >= 4 is 29.5 Å². The molecule has 0 N–H and O–H groups in total. The first kappa shape index (κ1) is 19.0. The number of piperazine rings is 1. The molecule has 3 rings (SSSR count). The smallest absolute Gasteiger partial charge is 0.246 e. The van der Waals surface area contributed by atoms with Gasteiger partial charge in [0, 0.05) is 44.6 Å². The number of amides is 1.